The summed E-state index contributed by atoms with van der Waals surface area (Å²) in [5.74, 6) is 0. The molecule has 2 atom stereocenters. The summed E-state index contributed by atoms with van der Waals surface area (Å²) in [6, 6.07) is 10.9. The van der Waals surface area contributed by atoms with Crippen LogP contribution in [0.5, 0.6) is 0 Å². The summed E-state index contributed by atoms with van der Waals surface area (Å²) in [6.45, 7) is 4.32. The number of hydrogen-bond acceptors (Lipinski definition) is 3. The van der Waals surface area contributed by atoms with Crippen LogP contribution in [-0.2, 0) is 0 Å². The van der Waals surface area contributed by atoms with Crippen LogP contribution in [0.25, 0.3) is 0 Å². The molecule has 0 heterocycles. The number of hydrogen-bond donors (Lipinski definition) is 1. The van der Waals surface area contributed by atoms with E-state index in [-0.39, 0.29) is 6.04 Å². The lowest BCUT2D eigenvalue weighted by atomic mass is 9.97. The molecule has 1 rings (SSSR count). The van der Waals surface area contributed by atoms with Crippen LogP contribution in [0.4, 0.5) is 0 Å². The number of likely N-dealkylation sites (N-methyl/N-ethyl adjacent to an activating group) is 2. The fourth-order valence-electron chi connectivity index (χ4n) is 2.26. The van der Waals surface area contributed by atoms with Gasteiger partial charge in [0.25, 0.3) is 0 Å². The maximum atomic E-state index is 6.40. The fraction of sp³-hybridized carbons (Fsp3) is 0.600. The third-order valence-electron chi connectivity index (χ3n) is 3.48. The third kappa shape index (κ3) is 4.41. The van der Waals surface area contributed by atoms with Gasteiger partial charge in [0.2, 0.25) is 0 Å². The van der Waals surface area contributed by atoms with Gasteiger partial charge in [0.05, 0.1) is 0 Å². The van der Waals surface area contributed by atoms with Crippen molar-refractivity contribution in [2.45, 2.75) is 25.4 Å². The molecule has 3 heteroatoms. The first-order valence-electron chi connectivity index (χ1n) is 6.71. The molecule has 1 aromatic carbocycles. The van der Waals surface area contributed by atoms with Crippen LogP contribution in [0.15, 0.2) is 30.3 Å². The molecule has 0 bridgehead atoms. The van der Waals surface area contributed by atoms with Gasteiger partial charge >= 0.3 is 0 Å². The van der Waals surface area contributed by atoms with Crippen molar-refractivity contribution >= 4 is 0 Å². The minimum absolute atomic E-state index is 0.0864. The number of benzene rings is 1. The molecule has 0 aliphatic rings. The summed E-state index contributed by atoms with van der Waals surface area (Å²) in [5.41, 5.74) is 7.62. The summed E-state index contributed by atoms with van der Waals surface area (Å²) in [6.07, 6.45) is 1.07. The Morgan fingerprint density at radius 1 is 1.06 bits per heavy atom. The molecular weight excluding hydrogens is 222 g/mol. The number of nitrogens with zero attached hydrogens (tertiary/aromatic N) is 2. The smallest absolute Gasteiger partial charge is 0.0452 e. The van der Waals surface area contributed by atoms with Gasteiger partial charge in [0.15, 0.2) is 0 Å². The van der Waals surface area contributed by atoms with Gasteiger partial charge in [0.1, 0.15) is 0 Å². The third-order valence-corrected chi connectivity index (χ3v) is 3.48. The zero-order chi connectivity index (χ0) is 13.5. The van der Waals surface area contributed by atoms with E-state index < -0.39 is 0 Å². The Labute approximate surface area is 112 Å². The highest BCUT2D eigenvalue weighted by Crippen LogP contribution is 2.19. The molecule has 0 spiro atoms. The van der Waals surface area contributed by atoms with E-state index in [2.05, 4.69) is 62.1 Å². The predicted octanol–water partition coefficient (Wildman–Crippen LogP) is 1.96. The van der Waals surface area contributed by atoms with Gasteiger partial charge in [-0.05, 0) is 33.1 Å². The van der Waals surface area contributed by atoms with Crippen LogP contribution >= 0.6 is 0 Å². The van der Waals surface area contributed by atoms with Gasteiger partial charge < -0.3 is 15.5 Å². The van der Waals surface area contributed by atoms with Crippen LogP contribution in [0.2, 0.25) is 0 Å². The Bertz CT molecular complexity index is 324. The average molecular weight is 249 g/mol. The molecule has 3 nitrogen and oxygen atoms in total. The predicted molar refractivity (Wildman–Crippen MR) is 78.6 cm³/mol. The first kappa shape index (κ1) is 15.2. The standard InChI is InChI=1S/C15H27N3/c1-5-14(18(4)12-11-17(2)3)15(16)13-9-7-6-8-10-13/h6-10,14-15H,5,11-12,16H2,1-4H3. The molecule has 0 aromatic heterocycles. The quantitative estimate of drug-likeness (QED) is 0.802. The number of rotatable bonds is 7. The summed E-state index contributed by atoms with van der Waals surface area (Å²) >= 11 is 0. The second-order valence-electron chi connectivity index (χ2n) is 5.20. The zero-order valence-corrected chi connectivity index (χ0v) is 12.1. The van der Waals surface area contributed by atoms with Gasteiger partial charge in [-0.1, -0.05) is 37.3 Å². The van der Waals surface area contributed by atoms with Crippen molar-refractivity contribution in [3.05, 3.63) is 35.9 Å². The molecule has 0 amide bonds. The molecule has 0 saturated carbocycles. The lowest BCUT2D eigenvalue weighted by molar-refractivity contribution is 0.187. The highest BCUT2D eigenvalue weighted by atomic mass is 15.2. The Balaban J connectivity index is 2.65. The first-order chi connectivity index (χ1) is 8.56. The van der Waals surface area contributed by atoms with Gasteiger partial charge in [-0.2, -0.15) is 0 Å². The first-order valence-corrected chi connectivity index (χ1v) is 6.71. The van der Waals surface area contributed by atoms with Crippen molar-refractivity contribution < 1.29 is 0 Å². The van der Waals surface area contributed by atoms with E-state index in [1.165, 1.54) is 5.56 Å². The molecule has 0 radical (unpaired) electrons. The van der Waals surface area contributed by atoms with E-state index in [9.17, 15) is 0 Å². The van der Waals surface area contributed by atoms with Crippen LogP contribution in [0.3, 0.4) is 0 Å². The fourth-order valence-corrected chi connectivity index (χ4v) is 2.26. The van der Waals surface area contributed by atoms with E-state index >= 15 is 0 Å². The molecule has 0 saturated heterocycles. The second kappa shape index (κ2) is 7.52. The van der Waals surface area contributed by atoms with E-state index in [1.54, 1.807) is 0 Å². The van der Waals surface area contributed by atoms with Crippen LogP contribution in [0, 0.1) is 0 Å². The van der Waals surface area contributed by atoms with Crippen molar-refractivity contribution in [2.24, 2.45) is 5.73 Å². The summed E-state index contributed by atoms with van der Waals surface area (Å²) in [4.78, 5) is 4.58. The van der Waals surface area contributed by atoms with Crippen molar-refractivity contribution in [3.8, 4) is 0 Å². The number of nitrogens with two attached hydrogens (primary N) is 1. The van der Waals surface area contributed by atoms with Gasteiger partial charge in [0, 0.05) is 25.2 Å². The van der Waals surface area contributed by atoms with Crippen molar-refractivity contribution in [1.82, 2.24) is 9.80 Å². The molecule has 2 unspecified atom stereocenters. The van der Waals surface area contributed by atoms with E-state index in [4.69, 9.17) is 5.73 Å². The van der Waals surface area contributed by atoms with Crippen LogP contribution < -0.4 is 5.73 Å². The van der Waals surface area contributed by atoms with E-state index in [0.29, 0.717) is 6.04 Å². The highest BCUT2D eigenvalue weighted by Gasteiger charge is 2.21. The Hall–Kier alpha value is -0.900. The van der Waals surface area contributed by atoms with Gasteiger partial charge in [-0.15, -0.1) is 0 Å². The van der Waals surface area contributed by atoms with Gasteiger partial charge in [-0.25, -0.2) is 0 Å². The zero-order valence-electron chi connectivity index (χ0n) is 12.1. The largest absolute Gasteiger partial charge is 0.323 e. The highest BCUT2D eigenvalue weighted by molar-refractivity contribution is 5.20. The lowest BCUT2D eigenvalue weighted by Crippen LogP contribution is -2.42. The molecule has 18 heavy (non-hydrogen) atoms. The van der Waals surface area contributed by atoms with Crippen LogP contribution in [-0.4, -0.2) is 50.1 Å². The Morgan fingerprint density at radius 3 is 2.17 bits per heavy atom. The van der Waals surface area contributed by atoms with E-state index in [1.807, 2.05) is 6.07 Å². The summed E-state index contributed by atoms with van der Waals surface area (Å²) < 4.78 is 0. The molecular formula is C15H27N3. The van der Waals surface area contributed by atoms with E-state index in [0.717, 1.165) is 19.5 Å². The normalized spacial score (nSPS) is 15.1. The SMILES string of the molecule is CCC(C(N)c1ccccc1)N(C)CCN(C)C. The Kier molecular flexibility index (Phi) is 6.33. The molecule has 1 aromatic rings. The molecule has 0 fully saturated rings. The minimum atomic E-state index is 0.0864. The average Bonchev–Trinajstić information content (AvgIpc) is 2.38. The summed E-state index contributed by atoms with van der Waals surface area (Å²) in [7, 11) is 6.37. The van der Waals surface area contributed by atoms with Crippen molar-refractivity contribution in [2.75, 3.05) is 34.2 Å². The molecule has 0 aliphatic carbocycles. The second-order valence-corrected chi connectivity index (χ2v) is 5.20. The molecule has 2 N–H and O–H groups in total. The van der Waals surface area contributed by atoms with Crippen LogP contribution in [0.1, 0.15) is 24.9 Å². The molecule has 102 valence electrons. The van der Waals surface area contributed by atoms with Crippen molar-refractivity contribution in [1.29, 1.82) is 0 Å². The lowest BCUT2D eigenvalue weighted by Gasteiger charge is -2.33. The topological polar surface area (TPSA) is 32.5 Å². The maximum Gasteiger partial charge on any atom is 0.0452 e. The van der Waals surface area contributed by atoms with Gasteiger partial charge in [-0.3, -0.25) is 0 Å². The summed E-state index contributed by atoms with van der Waals surface area (Å²) in [5, 5.41) is 0. The molecule has 0 aliphatic heterocycles. The minimum Gasteiger partial charge on any atom is -0.323 e. The Morgan fingerprint density at radius 2 is 1.67 bits per heavy atom. The monoisotopic (exact) mass is 249 g/mol. The van der Waals surface area contributed by atoms with Crippen molar-refractivity contribution in [3.63, 3.8) is 0 Å². The maximum absolute atomic E-state index is 6.40.